The number of aryl methyl sites for hydroxylation is 1. The SMILES string of the molecule is CCOC(=O)c1sc(NC(=O)CN2CCN(Cc3nc(C)no3)CC2)c(C#N)c1C. The van der Waals surface area contributed by atoms with E-state index in [1.807, 2.05) is 4.90 Å². The highest BCUT2D eigenvalue weighted by molar-refractivity contribution is 7.18. The lowest BCUT2D eigenvalue weighted by Gasteiger charge is -2.33. The third kappa shape index (κ3) is 5.21. The Kier molecular flexibility index (Phi) is 7.15. The molecule has 3 rings (SSSR count). The molecule has 0 aliphatic carbocycles. The minimum Gasteiger partial charge on any atom is -0.462 e. The minimum atomic E-state index is -0.482. The predicted molar refractivity (Wildman–Crippen MR) is 109 cm³/mol. The van der Waals surface area contributed by atoms with Gasteiger partial charge in [0, 0.05) is 26.2 Å². The number of thiophene rings is 1. The number of carbonyl (C=O) groups is 2. The molecule has 0 atom stereocenters. The maximum absolute atomic E-state index is 12.5. The number of hydrogen-bond acceptors (Lipinski definition) is 10. The molecule has 1 aliphatic rings. The Morgan fingerprint density at radius 3 is 2.57 bits per heavy atom. The van der Waals surface area contributed by atoms with Gasteiger partial charge in [0.05, 0.1) is 25.3 Å². The number of nitrogens with zero attached hydrogens (tertiary/aromatic N) is 5. The molecule has 2 aromatic rings. The van der Waals surface area contributed by atoms with E-state index in [1.54, 1.807) is 20.8 Å². The second-order valence-electron chi connectivity index (χ2n) is 6.93. The summed E-state index contributed by atoms with van der Waals surface area (Å²) in [5, 5.41) is 16.4. The van der Waals surface area contributed by atoms with Crippen LogP contribution in [0.15, 0.2) is 4.52 Å². The van der Waals surface area contributed by atoms with Crippen LogP contribution in [0.3, 0.4) is 0 Å². The Bertz CT molecular complexity index is 955. The van der Waals surface area contributed by atoms with Crippen molar-refractivity contribution < 1.29 is 18.8 Å². The quantitative estimate of drug-likeness (QED) is 0.649. The highest BCUT2D eigenvalue weighted by Gasteiger charge is 2.24. The van der Waals surface area contributed by atoms with Gasteiger partial charge in [-0.1, -0.05) is 5.16 Å². The number of nitriles is 1. The van der Waals surface area contributed by atoms with Crippen LogP contribution in [0, 0.1) is 25.2 Å². The molecule has 2 aromatic heterocycles. The average molecular weight is 433 g/mol. The van der Waals surface area contributed by atoms with E-state index >= 15 is 0 Å². The summed E-state index contributed by atoms with van der Waals surface area (Å²) in [5.74, 6) is 0.508. The van der Waals surface area contributed by atoms with Crippen molar-refractivity contribution in [3.8, 4) is 6.07 Å². The number of amides is 1. The highest BCUT2D eigenvalue weighted by atomic mass is 32.1. The Morgan fingerprint density at radius 2 is 1.97 bits per heavy atom. The summed E-state index contributed by atoms with van der Waals surface area (Å²) >= 11 is 1.07. The Hall–Kier alpha value is -2.81. The number of hydrogen-bond donors (Lipinski definition) is 1. The van der Waals surface area contributed by atoms with E-state index in [0.717, 1.165) is 37.5 Å². The van der Waals surface area contributed by atoms with Crippen LogP contribution in [0.25, 0.3) is 0 Å². The van der Waals surface area contributed by atoms with E-state index in [4.69, 9.17) is 9.26 Å². The van der Waals surface area contributed by atoms with Crippen LogP contribution in [0.5, 0.6) is 0 Å². The molecule has 1 N–H and O–H groups in total. The van der Waals surface area contributed by atoms with Gasteiger partial charge in [0.25, 0.3) is 0 Å². The summed E-state index contributed by atoms with van der Waals surface area (Å²) in [6.07, 6.45) is 0. The largest absolute Gasteiger partial charge is 0.462 e. The maximum Gasteiger partial charge on any atom is 0.348 e. The third-order valence-electron chi connectivity index (χ3n) is 4.73. The van der Waals surface area contributed by atoms with Gasteiger partial charge in [-0.25, -0.2) is 4.79 Å². The lowest BCUT2D eigenvalue weighted by atomic mass is 10.2. The van der Waals surface area contributed by atoms with Gasteiger partial charge in [0.1, 0.15) is 15.9 Å². The van der Waals surface area contributed by atoms with Crippen molar-refractivity contribution >= 4 is 28.2 Å². The number of ether oxygens (including phenoxy) is 1. The van der Waals surface area contributed by atoms with Gasteiger partial charge in [-0.15, -0.1) is 11.3 Å². The van der Waals surface area contributed by atoms with Gasteiger partial charge in [0.2, 0.25) is 11.8 Å². The number of carbonyl (C=O) groups excluding carboxylic acids is 2. The van der Waals surface area contributed by atoms with Crippen molar-refractivity contribution in [2.75, 3.05) is 44.6 Å². The predicted octanol–water partition coefficient (Wildman–Crippen LogP) is 1.55. The van der Waals surface area contributed by atoms with E-state index in [1.165, 1.54) is 0 Å². The zero-order valence-corrected chi connectivity index (χ0v) is 18.0. The van der Waals surface area contributed by atoms with Crippen LogP contribution in [0.1, 0.15) is 39.4 Å². The topological polar surface area (TPSA) is 125 Å². The van der Waals surface area contributed by atoms with Crippen molar-refractivity contribution in [1.82, 2.24) is 19.9 Å². The van der Waals surface area contributed by atoms with Gasteiger partial charge < -0.3 is 14.6 Å². The normalized spacial score (nSPS) is 15.0. The van der Waals surface area contributed by atoms with E-state index in [2.05, 4.69) is 26.4 Å². The molecule has 0 saturated carbocycles. The van der Waals surface area contributed by atoms with Crippen molar-refractivity contribution in [2.24, 2.45) is 0 Å². The van der Waals surface area contributed by atoms with Gasteiger partial charge >= 0.3 is 5.97 Å². The lowest BCUT2D eigenvalue weighted by Crippen LogP contribution is -2.48. The molecule has 11 heteroatoms. The first-order valence-electron chi connectivity index (χ1n) is 9.65. The number of rotatable bonds is 7. The van der Waals surface area contributed by atoms with Gasteiger partial charge in [-0.05, 0) is 26.3 Å². The molecule has 0 bridgehead atoms. The summed E-state index contributed by atoms with van der Waals surface area (Å²) in [6, 6.07) is 2.07. The number of piperazine rings is 1. The molecule has 1 fully saturated rings. The van der Waals surface area contributed by atoms with E-state index < -0.39 is 5.97 Å². The van der Waals surface area contributed by atoms with Crippen molar-refractivity contribution in [3.05, 3.63) is 27.7 Å². The fourth-order valence-electron chi connectivity index (χ4n) is 3.20. The molecule has 1 aliphatic heterocycles. The van der Waals surface area contributed by atoms with E-state index in [0.29, 0.717) is 39.3 Å². The Balaban J connectivity index is 1.53. The molecular weight excluding hydrogens is 408 g/mol. The number of anilines is 1. The molecule has 0 radical (unpaired) electrons. The second-order valence-corrected chi connectivity index (χ2v) is 7.95. The molecule has 0 unspecified atom stereocenters. The van der Waals surface area contributed by atoms with Gasteiger partial charge in [-0.2, -0.15) is 10.2 Å². The zero-order valence-electron chi connectivity index (χ0n) is 17.2. The fraction of sp³-hybridized carbons (Fsp3) is 0.526. The van der Waals surface area contributed by atoms with Crippen molar-refractivity contribution in [3.63, 3.8) is 0 Å². The summed E-state index contributed by atoms with van der Waals surface area (Å²) in [7, 11) is 0. The fourth-order valence-corrected chi connectivity index (χ4v) is 4.27. The monoisotopic (exact) mass is 432 g/mol. The molecule has 30 heavy (non-hydrogen) atoms. The first kappa shape index (κ1) is 21.9. The summed E-state index contributed by atoms with van der Waals surface area (Å²) in [4.78, 5) is 33.4. The van der Waals surface area contributed by atoms with Crippen LogP contribution >= 0.6 is 11.3 Å². The van der Waals surface area contributed by atoms with E-state index in [-0.39, 0.29) is 19.1 Å². The summed E-state index contributed by atoms with van der Waals surface area (Å²) in [5.41, 5.74) is 0.831. The summed E-state index contributed by atoms with van der Waals surface area (Å²) < 4.78 is 10.2. The molecule has 1 saturated heterocycles. The molecule has 0 spiro atoms. The smallest absolute Gasteiger partial charge is 0.348 e. The third-order valence-corrected chi connectivity index (χ3v) is 5.92. The minimum absolute atomic E-state index is 0.212. The van der Waals surface area contributed by atoms with Crippen LogP contribution < -0.4 is 5.32 Å². The van der Waals surface area contributed by atoms with Crippen LogP contribution in [-0.2, 0) is 16.1 Å². The van der Waals surface area contributed by atoms with Crippen LogP contribution in [-0.4, -0.2) is 71.1 Å². The lowest BCUT2D eigenvalue weighted by molar-refractivity contribution is -0.117. The number of esters is 1. The standard InChI is InChI=1S/C19H24N6O4S/c1-4-28-19(27)17-12(2)14(9-20)18(30-17)22-15(26)10-24-5-7-25(8-6-24)11-16-21-13(3)23-29-16/h4-8,10-11H2,1-3H3,(H,22,26). The molecule has 0 aromatic carbocycles. The van der Waals surface area contributed by atoms with Crippen LogP contribution in [0.4, 0.5) is 5.00 Å². The maximum atomic E-state index is 12.5. The highest BCUT2D eigenvalue weighted by Crippen LogP contribution is 2.33. The second kappa shape index (κ2) is 9.80. The zero-order chi connectivity index (χ0) is 21.7. The molecule has 160 valence electrons. The van der Waals surface area contributed by atoms with Gasteiger partial charge in [0.15, 0.2) is 5.82 Å². The summed E-state index contributed by atoms with van der Waals surface area (Å²) in [6.45, 7) is 9.25. The first-order valence-corrected chi connectivity index (χ1v) is 10.5. The van der Waals surface area contributed by atoms with Crippen molar-refractivity contribution in [2.45, 2.75) is 27.3 Å². The van der Waals surface area contributed by atoms with E-state index in [9.17, 15) is 14.9 Å². The van der Waals surface area contributed by atoms with Gasteiger partial charge in [-0.3, -0.25) is 14.6 Å². The first-order chi connectivity index (χ1) is 14.4. The Labute approximate surface area is 178 Å². The molecule has 10 nitrogen and oxygen atoms in total. The molecule has 3 heterocycles. The molecule has 1 amide bonds. The molecular formula is C19H24N6O4S. The number of nitrogens with one attached hydrogen (secondary N) is 1. The van der Waals surface area contributed by atoms with Crippen molar-refractivity contribution in [1.29, 1.82) is 5.26 Å². The number of aromatic nitrogens is 2. The Morgan fingerprint density at radius 1 is 1.27 bits per heavy atom. The average Bonchev–Trinajstić information content (AvgIpc) is 3.25. The van der Waals surface area contributed by atoms with Crippen LogP contribution in [0.2, 0.25) is 0 Å².